The highest BCUT2D eigenvalue weighted by Crippen LogP contribution is 2.25. The lowest BCUT2D eigenvalue weighted by molar-refractivity contribution is 0.938. The summed E-state index contributed by atoms with van der Waals surface area (Å²) in [6.45, 7) is 2.26. The van der Waals surface area contributed by atoms with E-state index in [1.165, 1.54) is 18.4 Å². The van der Waals surface area contributed by atoms with Gasteiger partial charge in [0.25, 0.3) is 0 Å². The van der Waals surface area contributed by atoms with Crippen LogP contribution in [0.3, 0.4) is 0 Å². The molecule has 1 aliphatic rings. The molecule has 4 nitrogen and oxygen atoms in total. The molecular weight excluding hydrogens is 248 g/mol. The number of H-pyrrole nitrogens is 1. The Morgan fingerprint density at radius 3 is 2.60 bits per heavy atom. The molecule has 0 atom stereocenters. The van der Waals surface area contributed by atoms with Gasteiger partial charge in [-0.2, -0.15) is 0 Å². The number of aromatic nitrogens is 3. The number of aromatic amines is 1. The molecule has 0 saturated carbocycles. The Morgan fingerprint density at radius 1 is 0.950 bits per heavy atom. The third-order valence-electron chi connectivity index (χ3n) is 3.93. The fourth-order valence-electron chi connectivity index (χ4n) is 2.81. The summed E-state index contributed by atoms with van der Waals surface area (Å²) in [6, 6.07) is 10.5. The number of nitrogens with zero attached hydrogens (tertiary/aromatic N) is 3. The molecule has 0 amide bonds. The SMILES string of the molecule is c1nc2ccc(-c3ccc(N4CCCC4)nc3)cc2[nH]1. The van der Waals surface area contributed by atoms with Gasteiger partial charge >= 0.3 is 0 Å². The van der Waals surface area contributed by atoms with Gasteiger partial charge in [-0.05, 0) is 42.7 Å². The Balaban J connectivity index is 1.67. The first-order valence-electron chi connectivity index (χ1n) is 7.05. The number of pyridine rings is 1. The van der Waals surface area contributed by atoms with E-state index in [1.807, 2.05) is 12.3 Å². The van der Waals surface area contributed by atoms with Gasteiger partial charge in [-0.1, -0.05) is 6.07 Å². The van der Waals surface area contributed by atoms with E-state index in [2.05, 4.69) is 44.1 Å². The molecule has 4 rings (SSSR count). The van der Waals surface area contributed by atoms with Crippen molar-refractivity contribution in [1.82, 2.24) is 15.0 Å². The molecule has 0 spiro atoms. The summed E-state index contributed by atoms with van der Waals surface area (Å²) >= 11 is 0. The number of rotatable bonds is 2. The normalized spacial score (nSPS) is 15.1. The number of benzene rings is 1. The molecule has 1 N–H and O–H groups in total. The van der Waals surface area contributed by atoms with Gasteiger partial charge in [-0.25, -0.2) is 9.97 Å². The number of hydrogen-bond acceptors (Lipinski definition) is 3. The fraction of sp³-hybridized carbons (Fsp3) is 0.250. The van der Waals surface area contributed by atoms with Crippen molar-refractivity contribution in [3.8, 4) is 11.1 Å². The van der Waals surface area contributed by atoms with E-state index in [-0.39, 0.29) is 0 Å². The van der Waals surface area contributed by atoms with E-state index in [9.17, 15) is 0 Å². The monoisotopic (exact) mass is 264 g/mol. The summed E-state index contributed by atoms with van der Waals surface area (Å²) in [4.78, 5) is 14.3. The van der Waals surface area contributed by atoms with Crippen LogP contribution in [0.5, 0.6) is 0 Å². The second-order valence-corrected chi connectivity index (χ2v) is 5.23. The van der Waals surface area contributed by atoms with E-state index < -0.39 is 0 Å². The van der Waals surface area contributed by atoms with E-state index in [0.717, 1.165) is 35.5 Å². The second kappa shape index (κ2) is 4.63. The maximum absolute atomic E-state index is 4.60. The lowest BCUT2D eigenvalue weighted by atomic mass is 10.1. The van der Waals surface area contributed by atoms with Crippen LogP contribution in [0.2, 0.25) is 0 Å². The average molecular weight is 264 g/mol. The van der Waals surface area contributed by atoms with Crippen LogP contribution in [0.25, 0.3) is 22.2 Å². The number of fused-ring (bicyclic) bond motifs is 1. The zero-order chi connectivity index (χ0) is 13.4. The highest BCUT2D eigenvalue weighted by atomic mass is 15.2. The molecular formula is C16H16N4. The van der Waals surface area contributed by atoms with Gasteiger partial charge in [-0.15, -0.1) is 0 Å². The molecule has 100 valence electrons. The van der Waals surface area contributed by atoms with Gasteiger partial charge in [0.15, 0.2) is 0 Å². The van der Waals surface area contributed by atoms with Gasteiger partial charge in [0.05, 0.1) is 17.4 Å². The topological polar surface area (TPSA) is 44.8 Å². The van der Waals surface area contributed by atoms with Crippen molar-refractivity contribution in [2.45, 2.75) is 12.8 Å². The predicted molar refractivity (Wildman–Crippen MR) is 80.8 cm³/mol. The fourth-order valence-corrected chi connectivity index (χ4v) is 2.81. The van der Waals surface area contributed by atoms with Gasteiger partial charge in [0.1, 0.15) is 5.82 Å². The highest BCUT2D eigenvalue weighted by molar-refractivity contribution is 5.81. The Hall–Kier alpha value is -2.36. The van der Waals surface area contributed by atoms with Crippen LogP contribution in [-0.4, -0.2) is 28.0 Å². The number of imidazole rings is 1. The zero-order valence-electron chi connectivity index (χ0n) is 11.2. The van der Waals surface area contributed by atoms with Gasteiger partial charge in [-0.3, -0.25) is 0 Å². The van der Waals surface area contributed by atoms with Crippen molar-refractivity contribution in [2.75, 3.05) is 18.0 Å². The van der Waals surface area contributed by atoms with E-state index in [4.69, 9.17) is 0 Å². The Labute approximate surface area is 117 Å². The second-order valence-electron chi connectivity index (χ2n) is 5.23. The summed E-state index contributed by atoms with van der Waals surface area (Å²) in [5, 5.41) is 0. The molecule has 2 aromatic heterocycles. The largest absolute Gasteiger partial charge is 0.357 e. The summed E-state index contributed by atoms with van der Waals surface area (Å²) in [6.07, 6.45) is 6.24. The third kappa shape index (κ3) is 1.93. The van der Waals surface area contributed by atoms with Crippen LogP contribution in [0.4, 0.5) is 5.82 Å². The van der Waals surface area contributed by atoms with E-state index in [1.54, 1.807) is 6.33 Å². The standard InChI is InChI=1S/C16H16N4/c1-2-8-20(7-1)16-6-4-13(10-17-16)12-3-5-14-15(9-12)19-11-18-14/h3-6,9-11H,1-2,7-8H2,(H,18,19). The first-order valence-corrected chi connectivity index (χ1v) is 7.05. The molecule has 3 heterocycles. The van der Waals surface area contributed by atoms with Crippen molar-refractivity contribution < 1.29 is 0 Å². The van der Waals surface area contributed by atoms with Crippen LogP contribution in [-0.2, 0) is 0 Å². The Bertz CT molecular complexity index is 724. The minimum Gasteiger partial charge on any atom is -0.357 e. The van der Waals surface area contributed by atoms with Crippen LogP contribution in [0, 0.1) is 0 Å². The van der Waals surface area contributed by atoms with Crippen LogP contribution in [0.1, 0.15) is 12.8 Å². The Kier molecular flexibility index (Phi) is 2.66. The average Bonchev–Trinajstić information content (AvgIpc) is 3.18. The molecule has 0 radical (unpaired) electrons. The smallest absolute Gasteiger partial charge is 0.128 e. The van der Waals surface area contributed by atoms with Crippen molar-refractivity contribution in [3.63, 3.8) is 0 Å². The molecule has 1 aromatic carbocycles. The molecule has 0 unspecified atom stereocenters. The lowest BCUT2D eigenvalue weighted by Crippen LogP contribution is -2.18. The molecule has 1 aliphatic heterocycles. The summed E-state index contributed by atoms with van der Waals surface area (Å²) in [7, 11) is 0. The zero-order valence-corrected chi connectivity index (χ0v) is 11.2. The van der Waals surface area contributed by atoms with Crippen LogP contribution < -0.4 is 4.90 Å². The highest BCUT2D eigenvalue weighted by Gasteiger charge is 2.13. The minimum atomic E-state index is 0.996. The van der Waals surface area contributed by atoms with Crippen LogP contribution in [0.15, 0.2) is 42.9 Å². The molecule has 1 fully saturated rings. The Morgan fingerprint density at radius 2 is 1.80 bits per heavy atom. The summed E-state index contributed by atoms with van der Waals surface area (Å²) in [5.41, 5.74) is 4.37. The predicted octanol–water partition coefficient (Wildman–Crippen LogP) is 3.23. The van der Waals surface area contributed by atoms with Gasteiger partial charge in [0.2, 0.25) is 0 Å². The minimum absolute atomic E-state index is 0.996. The van der Waals surface area contributed by atoms with Gasteiger partial charge in [0, 0.05) is 24.8 Å². The third-order valence-corrected chi connectivity index (χ3v) is 3.93. The van der Waals surface area contributed by atoms with Crippen molar-refractivity contribution >= 4 is 16.9 Å². The summed E-state index contributed by atoms with van der Waals surface area (Å²) in [5.74, 6) is 1.09. The maximum Gasteiger partial charge on any atom is 0.128 e. The lowest BCUT2D eigenvalue weighted by Gasteiger charge is -2.16. The van der Waals surface area contributed by atoms with Crippen molar-refractivity contribution in [2.24, 2.45) is 0 Å². The first-order chi connectivity index (χ1) is 9.90. The number of hydrogen-bond donors (Lipinski definition) is 1. The maximum atomic E-state index is 4.60. The van der Waals surface area contributed by atoms with E-state index in [0.29, 0.717) is 0 Å². The van der Waals surface area contributed by atoms with Crippen LogP contribution >= 0.6 is 0 Å². The summed E-state index contributed by atoms with van der Waals surface area (Å²) < 4.78 is 0. The van der Waals surface area contributed by atoms with E-state index >= 15 is 0 Å². The quantitative estimate of drug-likeness (QED) is 0.773. The number of anilines is 1. The molecule has 20 heavy (non-hydrogen) atoms. The van der Waals surface area contributed by atoms with Crippen molar-refractivity contribution in [3.05, 3.63) is 42.9 Å². The molecule has 3 aromatic rings. The van der Waals surface area contributed by atoms with Gasteiger partial charge < -0.3 is 9.88 Å². The molecule has 1 saturated heterocycles. The molecule has 0 bridgehead atoms. The first kappa shape index (κ1) is 11.5. The number of nitrogens with one attached hydrogen (secondary N) is 1. The molecule has 0 aliphatic carbocycles. The molecule has 4 heteroatoms. The van der Waals surface area contributed by atoms with Crippen molar-refractivity contribution in [1.29, 1.82) is 0 Å².